The van der Waals surface area contributed by atoms with Crippen molar-refractivity contribution >= 4 is 15.9 Å². The molecular formula is C17H27BrN2O. The van der Waals surface area contributed by atoms with Gasteiger partial charge in [-0.1, -0.05) is 18.9 Å². The van der Waals surface area contributed by atoms with Crippen molar-refractivity contribution in [2.45, 2.75) is 38.6 Å². The van der Waals surface area contributed by atoms with E-state index in [0.717, 1.165) is 23.3 Å². The molecule has 1 saturated heterocycles. The fourth-order valence-corrected chi connectivity index (χ4v) is 3.43. The molecule has 1 unspecified atom stereocenters. The highest BCUT2D eigenvalue weighted by molar-refractivity contribution is 9.10. The molecule has 21 heavy (non-hydrogen) atoms. The number of likely N-dealkylation sites (tertiary alicyclic amines) is 1. The van der Waals surface area contributed by atoms with Crippen LogP contribution in [0.4, 0.5) is 0 Å². The molecule has 0 bridgehead atoms. The fraction of sp³-hybridized carbons (Fsp3) is 0.647. The first-order chi connectivity index (χ1) is 10.2. The SMILES string of the molecule is COc1ccc(C(C)NCCN2CCCCCC2)cc1Br. The number of hydrogen-bond donors (Lipinski definition) is 1. The predicted molar refractivity (Wildman–Crippen MR) is 92.0 cm³/mol. The number of methoxy groups -OCH3 is 1. The van der Waals surface area contributed by atoms with Gasteiger partial charge in [0.25, 0.3) is 0 Å². The summed E-state index contributed by atoms with van der Waals surface area (Å²) in [7, 11) is 1.70. The van der Waals surface area contributed by atoms with Crippen LogP contribution < -0.4 is 10.1 Å². The Labute approximate surface area is 137 Å². The van der Waals surface area contributed by atoms with Gasteiger partial charge in [0.1, 0.15) is 5.75 Å². The highest BCUT2D eigenvalue weighted by atomic mass is 79.9. The van der Waals surface area contributed by atoms with Crippen molar-refractivity contribution in [3.8, 4) is 5.75 Å². The van der Waals surface area contributed by atoms with Crippen LogP contribution in [0.15, 0.2) is 22.7 Å². The van der Waals surface area contributed by atoms with Gasteiger partial charge in [-0.05, 0) is 66.5 Å². The van der Waals surface area contributed by atoms with Gasteiger partial charge in [0.2, 0.25) is 0 Å². The average Bonchev–Trinajstić information content (AvgIpc) is 2.76. The van der Waals surface area contributed by atoms with Crippen molar-refractivity contribution in [2.24, 2.45) is 0 Å². The fourth-order valence-electron chi connectivity index (χ4n) is 2.87. The van der Waals surface area contributed by atoms with Gasteiger partial charge in [-0.2, -0.15) is 0 Å². The standard InChI is InChI=1S/C17H27BrN2O/c1-14(15-7-8-17(21-2)16(18)13-15)19-9-12-20-10-5-3-4-6-11-20/h7-8,13-14,19H,3-6,9-12H2,1-2H3. The topological polar surface area (TPSA) is 24.5 Å². The summed E-state index contributed by atoms with van der Waals surface area (Å²) in [6.07, 6.45) is 5.53. The minimum Gasteiger partial charge on any atom is -0.496 e. The van der Waals surface area contributed by atoms with E-state index in [1.807, 2.05) is 6.07 Å². The lowest BCUT2D eigenvalue weighted by molar-refractivity contribution is 0.280. The van der Waals surface area contributed by atoms with Crippen LogP contribution in [-0.4, -0.2) is 38.2 Å². The van der Waals surface area contributed by atoms with Crippen molar-refractivity contribution in [1.29, 1.82) is 0 Å². The maximum atomic E-state index is 5.28. The smallest absolute Gasteiger partial charge is 0.133 e. The number of benzene rings is 1. The largest absolute Gasteiger partial charge is 0.496 e. The summed E-state index contributed by atoms with van der Waals surface area (Å²) in [5.74, 6) is 0.885. The quantitative estimate of drug-likeness (QED) is 0.835. The Balaban J connectivity index is 1.78. The van der Waals surface area contributed by atoms with E-state index in [-0.39, 0.29) is 0 Å². The van der Waals surface area contributed by atoms with Gasteiger partial charge in [0, 0.05) is 19.1 Å². The van der Waals surface area contributed by atoms with E-state index < -0.39 is 0 Å². The Kier molecular flexibility index (Phi) is 7.00. The average molecular weight is 355 g/mol. The third kappa shape index (κ3) is 5.28. The lowest BCUT2D eigenvalue weighted by atomic mass is 10.1. The third-order valence-electron chi connectivity index (χ3n) is 4.25. The maximum absolute atomic E-state index is 5.28. The van der Waals surface area contributed by atoms with Gasteiger partial charge in [-0.15, -0.1) is 0 Å². The first-order valence-corrected chi connectivity index (χ1v) is 8.79. The molecule has 1 heterocycles. The van der Waals surface area contributed by atoms with Crippen LogP contribution in [0.1, 0.15) is 44.2 Å². The first-order valence-electron chi connectivity index (χ1n) is 8.00. The molecule has 0 aromatic heterocycles. The number of rotatable bonds is 6. The monoisotopic (exact) mass is 354 g/mol. The molecule has 1 aromatic carbocycles. The van der Waals surface area contributed by atoms with Crippen molar-refractivity contribution in [2.75, 3.05) is 33.3 Å². The lowest BCUT2D eigenvalue weighted by Gasteiger charge is -2.22. The van der Waals surface area contributed by atoms with E-state index in [1.165, 1.54) is 44.3 Å². The zero-order valence-corrected chi connectivity index (χ0v) is 14.8. The molecule has 3 nitrogen and oxygen atoms in total. The summed E-state index contributed by atoms with van der Waals surface area (Å²) in [5.41, 5.74) is 1.29. The van der Waals surface area contributed by atoms with Gasteiger partial charge >= 0.3 is 0 Å². The van der Waals surface area contributed by atoms with Crippen molar-refractivity contribution in [1.82, 2.24) is 10.2 Å². The number of hydrogen-bond acceptors (Lipinski definition) is 3. The molecule has 118 valence electrons. The Morgan fingerprint density at radius 3 is 2.57 bits per heavy atom. The van der Waals surface area contributed by atoms with Crippen LogP contribution in [0.5, 0.6) is 5.75 Å². The molecule has 0 radical (unpaired) electrons. The second kappa shape index (κ2) is 8.76. The molecule has 4 heteroatoms. The Morgan fingerprint density at radius 1 is 1.24 bits per heavy atom. The molecule has 1 aliphatic heterocycles. The Morgan fingerprint density at radius 2 is 1.95 bits per heavy atom. The summed E-state index contributed by atoms with van der Waals surface area (Å²) in [6.45, 7) is 6.96. The number of halogens is 1. The molecule has 0 saturated carbocycles. The molecule has 1 atom stereocenters. The van der Waals surface area contributed by atoms with Gasteiger partial charge < -0.3 is 15.0 Å². The maximum Gasteiger partial charge on any atom is 0.133 e. The molecular weight excluding hydrogens is 328 g/mol. The van der Waals surface area contributed by atoms with Gasteiger partial charge in [0.05, 0.1) is 11.6 Å². The highest BCUT2D eigenvalue weighted by Crippen LogP contribution is 2.27. The molecule has 0 aliphatic carbocycles. The highest BCUT2D eigenvalue weighted by Gasteiger charge is 2.11. The zero-order valence-electron chi connectivity index (χ0n) is 13.2. The molecule has 1 N–H and O–H groups in total. The Bertz CT molecular complexity index is 431. The van der Waals surface area contributed by atoms with Gasteiger partial charge in [-0.3, -0.25) is 0 Å². The molecule has 1 fully saturated rings. The van der Waals surface area contributed by atoms with E-state index in [1.54, 1.807) is 7.11 Å². The second-order valence-corrected chi connectivity index (χ2v) is 6.68. The van der Waals surface area contributed by atoms with Crippen LogP contribution in [0.2, 0.25) is 0 Å². The summed E-state index contributed by atoms with van der Waals surface area (Å²) in [5, 5.41) is 3.63. The molecule has 0 spiro atoms. The molecule has 2 rings (SSSR count). The van der Waals surface area contributed by atoms with Crippen LogP contribution in [0.3, 0.4) is 0 Å². The van der Waals surface area contributed by atoms with E-state index >= 15 is 0 Å². The molecule has 0 amide bonds. The van der Waals surface area contributed by atoms with Gasteiger partial charge in [0.15, 0.2) is 0 Å². The van der Waals surface area contributed by atoms with E-state index in [0.29, 0.717) is 6.04 Å². The summed E-state index contributed by atoms with van der Waals surface area (Å²) < 4.78 is 6.30. The van der Waals surface area contributed by atoms with E-state index in [9.17, 15) is 0 Å². The van der Waals surface area contributed by atoms with Crippen molar-refractivity contribution < 1.29 is 4.74 Å². The minimum absolute atomic E-state index is 0.360. The Hall–Kier alpha value is -0.580. The number of ether oxygens (including phenoxy) is 1. The minimum atomic E-state index is 0.360. The predicted octanol–water partition coefficient (Wildman–Crippen LogP) is 3.98. The van der Waals surface area contributed by atoms with Crippen LogP contribution in [0.25, 0.3) is 0 Å². The third-order valence-corrected chi connectivity index (χ3v) is 4.87. The van der Waals surface area contributed by atoms with Gasteiger partial charge in [-0.25, -0.2) is 0 Å². The number of nitrogens with zero attached hydrogens (tertiary/aromatic N) is 1. The summed E-state index contributed by atoms with van der Waals surface area (Å²) in [6, 6.07) is 6.65. The van der Waals surface area contributed by atoms with Crippen LogP contribution in [-0.2, 0) is 0 Å². The molecule has 1 aromatic rings. The van der Waals surface area contributed by atoms with E-state index in [2.05, 4.69) is 45.2 Å². The zero-order chi connectivity index (χ0) is 15.1. The first kappa shape index (κ1) is 16.8. The normalized spacial score (nSPS) is 18.2. The molecule has 1 aliphatic rings. The summed E-state index contributed by atoms with van der Waals surface area (Å²) in [4.78, 5) is 2.59. The van der Waals surface area contributed by atoms with Crippen molar-refractivity contribution in [3.63, 3.8) is 0 Å². The van der Waals surface area contributed by atoms with Crippen molar-refractivity contribution in [3.05, 3.63) is 28.2 Å². The lowest BCUT2D eigenvalue weighted by Crippen LogP contribution is -2.33. The van der Waals surface area contributed by atoms with Crippen LogP contribution in [0, 0.1) is 0 Å². The number of nitrogens with one attached hydrogen (secondary N) is 1. The second-order valence-electron chi connectivity index (χ2n) is 5.83. The summed E-state index contributed by atoms with van der Waals surface area (Å²) >= 11 is 3.55. The van der Waals surface area contributed by atoms with E-state index in [4.69, 9.17) is 4.74 Å². The van der Waals surface area contributed by atoms with Crippen LogP contribution >= 0.6 is 15.9 Å².